The molecule has 1 aliphatic heterocycles. The first-order chi connectivity index (χ1) is 12.5. The van der Waals surface area contributed by atoms with E-state index in [0.29, 0.717) is 43.1 Å². The number of anilines is 1. The van der Waals surface area contributed by atoms with Crippen LogP contribution in [0.2, 0.25) is 0 Å². The fraction of sp³-hybridized carbons (Fsp3) is 0.353. The van der Waals surface area contributed by atoms with Crippen LogP contribution in [0, 0.1) is 0 Å². The topological polar surface area (TPSA) is 55.6 Å². The van der Waals surface area contributed by atoms with E-state index in [1.165, 1.54) is 6.20 Å². The molecule has 1 aliphatic rings. The summed E-state index contributed by atoms with van der Waals surface area (Å²) >= 11 is 0. The van der Waals surface area contributed by atoms with Crippen LogP contribution in [0.4, 0.5) is 18.9 Å². The summed E-state index contributed by atoms with van der Waals surface area (Å²) in [6.45, 7) is 1.22. The van der Waals surface area contributed by atoms with Gasteiger partial charge in [-0.2, -0.15) is 23.3 Å². The largest absolute Gasteiger partial charge is 0.474 e. The highest BCUT2D eigenvalue weighted by Crippen LogP contribution is 2.31. The van der Waals surface area contributed by atoms with Crippen LogP contribution in [-0.2, 0) is 6.18 Å². The fourth-order valence-electron chi connectivity index (χ4n) is 3.03. The van der Waals surface area contributed by atoms with Crippen LogP contribution in [-0.4, -0.2) is 38.8 Å². The number of pyridine rings is 1. The lowest BCUT2D eigenvalue weighted by Crippen LogP contribution is -2.38. The number of piperidine rings is 1. The molecule has 6 nitrogen and oxygen atoms in total. The molecule has 0 bridgehead atoms. The number of fused-ring (bicyclic) bond motifs is 1. The lowest BCUT2D eigenvalue weighted by atomic mass is 10.1. The Labute approximate surface area is 147 Å². The summed E-state index contributed by atoms with van der Waals surface area (Å²) in [7, 11) is 0. The van der Waals surface area contributed by atoms with Gasteiger partial charge in [0.05, 0.1) is 6.20 Å². The second-order valence-electron chi connectivity index (χ2n) is 6.10. The van der Waals surface area contributed by atoms with Crippen molar-refractivity contribution in [2.24, 2.45) is 0 Å². The lowest BCUT2D eigenvalue weighted by Gasteiger charge is -2.33. The van der Waals surface area contributed by atoms with Crippen LogP contribution in [0.5, 0.6) is 5.88 Å². The smallest absolute Gasteiger partial charge is 0.433 e. The molecule has 4 heterocycles. The van der Waals surface area contributed by atoms with Crippen molar-refractivity contribution in [1.82, 2.24) is 19.6 Å². The maximum atomic E-state index is 12.8. The highest BCUT2D eigenvalue weighted by atomic mass is 19.4. The summed E-state index contributed by atoms with van der Waals surface area (Å²) in [4.78, 5) is 9.70. The maximum Gasteiger partial charge on any atom is 0.433 e. The molecular formula is C17H16F3N5O. The second-order valence-corrected chi connectivity index (χ2v) is 6.10. The summed E-state index contributed by atoms with van der Waals surface area (Å²) in [6, 6.07) is 6.24. The number of halogens is 3. The predicted octanol–water partition coefficient (Wildman–Crippen LogP) is 3.19. The average Bonchev–Trinajstić information content (AvgIpc) is 3.10. The normalized spacial score (nSPS) is 16.2. The number of ether oxygens (including phenoxy) is 1. The third-order valence-electron chi connectivity index (χ3n) is 4.36. The molecule has 0 radical (unpaired) electrons. The SMILES string of the molecule is FC(F)(F)c1cc(N2CCC(Oc3ccn4nccc4n3)CC2)ccn1. The van der Waals surface area contributed by atoms with E-state index in [4.69, 9.17) is 4.74 Å². The molecule has 1 fully saturated rings. The minimum atomic E-state index is -4.44. The van der Waals surface area contributed by atoms with Gasteiger partial charge in [-0.25, -0.2) is 4.52 Å². The number of rotatable bonds is 3. The van der Waals surface area contributed by atoms with Crippen molar-refractivity contribution in [3.05, 3.63) is 48.5 Å². The van der Waals surface area contributed by atoms with E-state index in [1.807, 2.05) is 4.90 Å². The zero-order valence-corrected chi connectivity index (χ0v) is 13.7. The van der Waals surface area contributed by atoms with Gasteiger partial charge in [-0.05, 0) is 12.1 Å². The monoisotopic (exact) mass is 363 g/mol. The predicted molar refractivity (Wildman–Crippen MR) is 88.1 cm³/mol. The molecule has 9 heteroatoms. The molecule has 3 aromatic heterocycles. The average molecular weight is 363 g/mol. The lowest BCUT2D eigenvalue weighted by molar-refractivity contribution is -0.141. The molecule has 0 aliphatic carbocycles. The molecule has 0 spiro atoms. The minimum Gasteiger partial charge on any atom is -0.474 e. The van der Waals surface area contributed by atoms with Crippen LogP contribution in [0.1, 0.15) is 18.5 Å². The molecule has 26 heavy (non-hydrogen) atoms. The highest BCUT2D eigenvalue weighted by Gasteiger charge is 2.33. The number of hydrogen-bond acceptors (Lipinski definition) is 5. The highest BCUT2D eigenvalue weighted by molar-refractivity contribution is 5.47. The van der Waals surface area contributed by atoms with Crippen molar-refractivity contribution in [3.63, 3.8) is 0 Å². The third kappa shape index (κ3) is 3.42. The zero-order chi connectivity index (χ0) is 18.1. The van der Waals surface area contributed by atoms with Gasteiger partial charge < -0.3 is 9.64 Å². The van der Waals surface area contributed by atoms with Gasteiger partial charge in [0.15, 0.2) is 5.65 Å². The van der Waals surface area contributed by atoms with Crippen LogP contribution in [0.25, 0.3) is 5.65 Å². The van der Waals surface area contributed by atoms with Gasteiger partial charge in [0.2, 0.25) is 5.88 Å². The van der Waals surface area contributed by atoms with E-state index in [-0.39, 0.29) is 6.10 Å². The number of hydrogen-bond donors (Lipinski definition) is 0. The van der Waals surface area contributed by atoms with Gasteiger partial charge in [0.1, 0.15) is 11.8 Å². The molecule has 0 N–H and O–H groups in total. The van der Waals surface area contributed by atoms with Crippen molar-refractivity contribution in [1.29, 1.82) is 0 Å². The Hall–Kier alpha value is -2.84. The van der Waals surface area contributed by atoms with Crippen molar-refractivity contribution >= 4 is 11.3 Å². The van der Waals surface area contributed by atoms with Gasteiger partial charge in [-0.3, -0.25) is 4.98 Å². The van der Waals surface area contributed by atoms with E-state index in [0.717, 1.165) is 6.07 Å². The first kappa shape index (κ1) is 16.6. The van der Waals surface area contributed by atoms with Crippen molar-refractivity contribution in [3.8, 4) is 5.88 Å². The summed E-state index contributed by atoms with van der Waals surface area (Å²) in [6.07, 6.45) is 1.59. The molecule has 0 aromatic carbocycles. The van der Waals surface area contributed by atoms with E-state index in [2.05, 4.69) is 15.1 Å². The van der Waals surface area contributed by atoms with Gasteiger partial charge in [0, 0.05) is 56.1 Å². The Bertz CT molecular complexity index is 903. The van der Waals surface area contributed by atoms with Gasteiger partial charge in [-0.15, -0.1) is 0 Å². The Morgan fingerprint density at radius 1 is 1.08 bits per heavy atom. The van der Waals surface area contributed by atoms with Crippen LogP contribution >= 0.6 is 0 Å². The van der Waals surface area contributed by atoms with Crippen LogP contribution in [0.15, 0.2) is 42.9 Å². The van der Waals surface area contributed by atoms with Crippen molar-refractivity contribution in [2.45, 2.75) is 25.1 Å². The van der Waals surface area contributed by atoms with Crippen LogP contribution in [0.3, 0.4) is 0 Å². The molecule has 0 saturated carbocycles. The molecular weight excluding hydrogens is 347 g/mol. The zero-order valence-electron chi connectivity index (χ0n) is 13.7. The van der Waals surface area contributed by atoms with Crippen LogP contribution < -0.4 is 9.64 Å². The standard InChI is InChI=1S/C17H16F3N5O/c18-17(19,20)14-11-12(1-6-21-14)24-8-3-13(4-9-24)26-16-5-10-25-15(23-16)2-7-22-25/h1-2,5-7,10-11,13H,3-4,8-9H2. The summed E-state index contributed by atoms with van der Waals surface area (Å²) < 4.78 is 46.0. The maximum absolute atomic E-state index is 12.8. The molecule has 0 amide bonds. The Balaban J connectivity index is 1.39. The second kappa shape index (κ2) is 6.47. The summed E-state index contributed by atoms with van der Waals surface area (Å²) in [5.74, 6) is 0.528. The first-order valence-electron chi connectivity index (χ1n) is 8.24. The number of aromatic nitrogens is 4. The first-order valence-corrected chi connectivity index (χ1v) is 8.24. The van der Waals surface area contributed by atoms with Crippen molar-refractivity contribution in [2.75, 3.05) is 18.0 Å². The molecule has 1 saturated heterocycles. The van der Waals surface area contributed by atoms with E-state index >= 15 is 0 Å². The minimum absolute atomic E-state index is 0.0203. The Morgan fingerprint density at radius 2 is 1.88 bits per heavy atom. The van der Waals surface area contributed by atoms with Gasteiger partial charge in [-0.1, -0.05) is 0 Å². The Morgan fingerprint density at radius 3 is 2.65 bits per heavy atom. The van der Waals surface area contributed by atoms with E-state index < -0.39 is 11.9 Å². The molecule has 136 valence electrons. The number of nitrogens with zero attached hydrogens (tertiary/aromatic N) is 5. The van der Waals surface area contributed by atoms with Crippen molar-refractivity contribution < 1.29 is 17.9 Å². The molecule has 0 atom stereocenters. The van der Waals surface area contributed by atoms with Gasteiger partial charge in [0.25, 0.3) is 0 Å². The number of alkyl halides is 3. The molecule has 4 rings (SSSR count). The summed E-state index contributed by atoms with van der Waals surface area (Å²) in [5.41, 5.74) is 0.368. The fourth-order valence-corrected chi connectivity index (χ4v) is 3.03. The third-order valence-corrected chi connectivity index (χ3v) is 4.36. The van der Waals surface area contributed by atoms with E-state index in [1.54, 1.807) is 35.1 Å². The molecule has 3 aromatic rings. The van der Waals surface area contributed by atoms with Gasteiger partial charge >= 0.3 is 6.18 Å². The Kier molecular flexibility index (Phi) is 4.14. The molecule has 0 unspecified atom stereocenters. The summed E-state index contributed by atoms with van der Waals surface area (Å²) in [5, 5.41) is 4.08. The van der Waals surface area contributed by atoms with E-state index in [9.17, 15) is 13.2 Å². The quantitative estimate of drug-likeness (QED) is 0.715.